The van der Waals surface area contributed by atoms with Gasteiger partial charge in [0.15, 0.2) is 0 Å². The molecule has 1 aromatic carbocycles. The van der Waals surface area contributed by atoms with Gasteiger partial charge in [-0.1, -0.05) is 6.07 Å². The van der Waals surface area contributed by atoms with Crippen LogP contribution in [0.3, 0.4) is 0 Å². The molecule has 0 bridgehead atoms. The molecule has 4 nitrogen and oxygen atoms in total. The van der Waals surface area contributed by atoms with Crippen LogP contribution < -0.4 is 5.32 Å². The lowest BCUT2D eigenvalue weighted by atomic mass is 10.1. The molecule has 0 radical (unpaired) electrons. The molecular weight excluding hydrogens is 279 g/mol. The van der Waals surface area contributed by atoms with E-state index in [1.165, 1.54) is 17.0 Å². The van der Waals surface area contributed by atoms with Crippen molar-refractivity contribution in [3.05, 3.63) is 55.5 Å². The predicted octanol–water partition coefficient (Wildman–Crippen LogP) is 4.59. The van der Waals surface area contributed by atoms with Gasteiger partial charge in [-0.05, 0) is 44.5 Å². The number of rotatable bonds is 4. The number of hydrogen-bond donors (Lipinski definition) is 1. The lowest BCUT2D eigenvalue weighted by Gasteiger charge is -2.15. The molecule has 0 fully saturated rings. The molecule has 0 aliphatic carbocycles. The van der Waals surface area contributed by atoms with Crippen molar-refractivity contribution in [2.45, 2.75) is 26.8 Å². The fourth-order valence-corrected chi connectivity index (χ4v) is 3.23. The van der Waals surface area contributed by atoms with Crippen molar-refractivity contribution in [2.75, 3.05) is 5.32 Å². The zero-order valence-electron chi connectivity index (χ0n) is 11.4. The molecule has 6 heteroatoms. The SMILES string of the molecule is Cc1cc(C(C)Nc2cccc(F)c2[N+](=O)[O-])c(C)s1. The number of hydrogen-bond acceptors (Lipinski definition) is 4. The molecule has 0 spiro atoms. The quantitative estimate of drug-likeness (QED) is 0.663. The molecule has 1 aromatic heterocycles. The van der Waals surface area contributed by atoms with Crippen molar-refractivity contribution in [3.63, 3.8) is 0 Å². The topological polar surface area (TPSA) is 55.2 Å². The third-order valence-electron chi connectivity index (χ3n) is 3.09. The van der Waals surface area contributed by atoms with Crippen LogP contribution in [0.2, 0.25) is 0 Å². The van der Waals surface area contributed by atoms with Crippen LogP contribution in [0.5, 0.6) is 0 Å². The Bertz CT molecular complexity index is 655. The number of thiophene rings is 1. The average Bonchev–Trinajstić information content (AvgIpc) is 2.68. The molecular formula is C14H15FN2O2S. The fraction of sp³-hybridized carbons (Fsp3) is 0.286. The highest BCUT2D eigenvalue weighted by Crippen LogP contribution is 2.33. The molecule has 20 heavy (non-hydrogen) atoms. The van der Waals surface area contributed by atoms with E-state index in [0.717, 1.165) is 16.5 Å². The summed E-state index contributed by atoms with van der Waals surface area (Å²) in [5, 5.41) is 14.0. The second kappa shape index (κ2) is 5.58. The third-order valence-corrected chi connectivity index (χ3v) is 4.07. The number of nitro benzene ring substituents is 1. The molecule has 0 aliphatic rings. The summed E-state index contributed by atoms with van der Waals surface area (Å²) in [4.78, 5) is 12.6. The maximum absolute atomic E-state index is 13.6. The summed E-state index contributed by atoms with van der Waals surface area (Å²) in [6.45, 7) is 5.92. The van der Waals surface area contributed by atoms with Gasteiger partial charge in [0.1, 0.15) is 5.69 Å². The second-order valence-electron chi connectivity index (χ2n) is 4.63. The van der Waals surface area contributed by atoms with Gasteiger partial charge in [0.05, 0.1) is 4.92 Å². The molecule has 1 unspecified atom stereocenters. The molecule has 1 N–H and O–H groups in total. The molecule has 0 saturated heterocycles. The summed E-state index contributed by atoms with van der Waals surface area (Å²) in [6.07, 6.45) is 0. The average molecular weight is 294 g/mol. The Labute approximate surface area is 120 Å². The van der Waals surface area contributed by atoms with E-state index < -0.39 is 16.4 Å². The van der Waals surface area contributed by atoms with Crippen LogP contribution in [0, 0.1) is 29.8 Å². The molecule has 106 valence electrons. The fourth-order valence-electron chi connectivity index (χ4n) is 2.21. The number of nitrogens with one attached hydrogen (secondary N) is 1. The summed E-state index contributed by atoms with van der Waals surface area (Å²) in [6, 6.07) is 5.99. The van der Waals surface area contributed by atoms with Gasteiger partial charge in [0, 0.05) is 15.8 Å². The van der Waals surface area contributed by atoms with Gasteiger partial charge in [-0.3, -0.25) is 10.1 Å². The molecule has 0 aliphatic heterocycles. The number of para-hydroxylation sites is 1. The second-order valence-corrected chi connectivity index (χ2v) is 6.09. The number of aryl methyl sites for hydroxylation is 2. The van der Waals surface area contributed by atoms with E-state index in [9.17, 15) is 14.5 Å². The largest absolute Gasteiger partial charge is 0.373 e. The maximum atomic E-state index is 13.6. The van der Waals surface area contributed by atoms with E-state index in [1.54, 1.807) is 11.3 Å². The number of nitrogens with zero attached hydrogens (tertiary/aromatic N) is 1. The highest BCUT2D eigenvalue weighted by atomic mass is 32.1. The smallest absolute Gasteiger partial charge is 0.327 e. The number of benzene rings is 1. The molecule has 0 saturated carbocycles. The van der Waals surface area contributed by atoms with E-state index >= 15 is 0 Å². The normalized spacial score (nSPS) is 12.2. The Hall–Kier alpha value is -1.95. The first kappa shape index (κ1) is 14.5. The van der Waals surface area contributed by atoms with Gasteiger partial charge in [-0.15, -0.1) is 11.3 Å². The van der Waals surface area contributed by atoms with Crippen molar-refractivity contribution < 1.29 is 9.31 Å². The van der Waals surface area contributed by atoms with Gasteiger partial charge in [0.25, 0.3) is 0 Å². The van der Waals surface area contributed by atoms with Gasteiger partial charge in [-0.2, -0.15) is 4.39 Å². The zero-order chi connectivity index (χ0) is 14.9. The summed E-state index contributed by atoms with van der Waals surface area (Å²) in [7, 11) is 0. The summed E-state index contributed by atoms with van der Waals surface area (Å²) in [5.74, 6) is -0.828. The van der Waals surface area contributed by atoms with E-state index in [4.69, 9.17) is 0 Å². The first-order valence-corrected chi connectivity index (χ1v) is 6.98. The van der Waals surface area contributed by atoms with E-state index in [0.29, 0.717) is 0 Å². The monoisotopic (exact) mass is 294 g/mol. The van der Waals surface area contributed by atoms with Crippen LogP contribution in [0.15, 0.2) is 24.3 Å². The van der Waals surface area contributed by atoms with Gasteiger partial charge in [-0.25, -0.2) is 0 Å². The van der Waals surface area contributed by atoms with E-state index in [2.05, 4.69) is 5.32 Å². The molecule has 0 amide bonds. The third kappa shape index (κ3) is 2.80. The van der Waals surface area contributed by atoms with Crippen LogP contribution in [0.1, 0.15) is 28.3 Å². The highest BCUT2D eigenvalue weighted by molar-refractivity contribution is 7.12. The van der Waals surface area contributed by atoms with Crippen LogP contribution in [0.25, 0.3) is 0 Å². The van der Waals surface area contributed by atoms with Crippen molar-refractivity contribution in [1.29, 1.82) is 0 Å². The van der Waals surface area contributed by atoms with Crippen LogP contribution in [-0.2, 0) is 0 Å². The van der Waals surface area contributed by atoms with Gasteiger partial charge in [0.2, 0.25) is 5.82 Å². The first-order chi connectivity index (χ1) is 9.40. The van der Waals surface area contributed by atoms with Crippen LogP contribution in [-0.4, -0.2) is 4.92 Å². The van der Waals surface area contributed by atoms with Crippen molar-refractivity contribution >= 4 is 22.7 Å². The maximum Gasteiger partial charge on any atom is 0.327 e. The highest BCUT2D eigenvalue weighted by Gasteiger charge is 2.22. The Morgan fingerprint density at radius 2 is 2.10 bits per heavy atom. The predicted molar refractivity (Wildman–Crippen MR) is 78.9 cm³/mol. The van der Waals surface area contributed by atoms with Crippen molar-refractivity contribution in [3.8, 4) is 0 Å². The molecule has 1 atom stereocenters. The van der Waals surface area contributed by atoms with Crippen molar-refractivity contribution in [1.82, 2.24) is 0 Å². The van der Waals surface area contributed by atoms with E-state index in [1.807, 2.05) is 26.8 Å². The van der Waals surface area contributed by atoms with Crippen molar-refractivity contribution in [2.24, 2.45) is 0 Å². The summed E-state index contributed by atoms with van der Waals surface area (Å²) in [5.41, 5.74) is 0.765. The molecule has 2 aromatic rings. The minimum absolute atomic E-state index is 0.125. The van der Waals surface area contributed by atoms with Crippen LogP contribution in [0.4, 0.5) is 15.8 Å². The zero-order valence-corrected chi connectivity index (χ0v) is 12.3. The van der Waals surface area contributed by atoms with Gasteiger partial charge < -0.3 is 5.32 Å². The first-order valence-electron chi connectivity index (χ1n) is 6.16. The number of anilines is 1. The Morgan fingerprint density at radius 3 is 2.65 bits per heavy atom. The minimum Gasteiger partial charge on any atom is -0.373 e. The summed E-state index contributed by atoms with van der Waals surface area (Å²) >= 11 is 1.67. The van der Waals surface area contributed by atoms with E-state index in [-0.39, 0.29) is 11.7 Å². The Balaban J connectivity index is 2.33. The Morgan fingerprint density at radius 1 is 1.40 bits per heavy atom. The molecule has 1 heterocycles. The standard InChI is InChI=1S/C14H15FN2O2S/c1-8-7-11(10(3)20-8)9(2)16-13-6-4-5-12(15)14(13)17(18)19/h4-7,9,16H,1-3H3. The van der Waals surface area contributed by atoms with Crippen LogP contribution >= 0.6 is 11.3 Å². The summed E-state index contributed by atoms with van der Waals surface area (Å²) < 4.78 is 13.6. The number of nitro groups is 1. The molecule has 2 rings (SSSR count). The number of halogens is 1. The van der Waals surface area contributed by atoms with Gasteiger partial charge >= 0.3 is 5.69 Å². The lowest BCUT2D eigenvalue weighted by molar-refractivity contribution is -0.386. The Kier molecular flexibility index (Phi) is 4.04. The lowest BCUT2D eigenvalue weighted by Crippen LogP contribution is -2.09. The minimum atomic E-state index is -0.828.